The molecule has 2 aliphatic rings. The van der Waals surface area contributed by atoms with Crippen LogP contribution in [0, 0.1) is 11.8 Å². The molecule has 0 radical (unpaired) electrons. The first-order valence-corrected chi connectivity index (χ1v) is 8.14. The van der Waals surface area contributed by atoms with Gasteiger partial charge in [0.1, 0.15) is 0 Å². The number of aromatic nitrogens is 4. The molecule has 4 atom stereocenters. The molecule has 0 aromatic carbocycles. The van der Waals surface area contributed by atoms with E-state index in [2.05, 4.69) is 15.5 Å². The lowest BCUT2D eigenvalue weighted by Gasteiger charge is -2.39. The minimum absolute atomic E-state index is 0.0663. The standard InChI is InChI=1S/C15H24N4O2/c1-10(8-14(20)21)19-15(16-17-18-19)13-7-6-11-4-2-3-5-12(11)9-13/h10-13H,2-9H2,1H3,(H,20,21). The number of hydrogen-bond acceptors (Lipinski definition) is 4. The molecule has 6 heteroatoms. The molecule has 3 rings (SSSR count). The summed E-state index contributed by atoms with van der Waals surface area (Å²) < 4.78 is 1.74. The zero-order valence-corrected chi connectivity index (χ0v) is 12.6. The van der Waals surface area contributed by atoms with E-state index in [-0.39, 0.29) is 12.5 Å². The summed E-state index contributed by atoms with van der Waals surface area (Å²) in [5, 5.41) is 21.0. The Balaban J connectivity index is 1.72. The van der Waals surface area contributed by atoms with Crippen molar-refractivity contribution in [1.82, 2.24) is 20.2 Å². The third-order valence-electron chi connectivity index (χ3n) is 5.31. The van der Waals surface area contributed by atoms with Gasteiger partial charge in [-0.25, -0.2) is 4.68 Å². The summed E-state index contributed by atoms with van der Waals surface area (Å²) in [6.07, 6.45) is 9.12. The van der Waals surface area contributed by atoms with Gasteiger partial charge >= 0.3 is 5.97 Å². The van der Waals surface area contributed by atoms with Crippen molar-refractivity contribution in [2.45, 2.75) is 70.3 Å². The van der Waals surface area contributed by atoms with Crippen LogP contribution in [-0.4, -0.2) is 31.3 Å². The van der Waals surface area contributed by atoms with Gasteiger partial charge in [0.05, 0.1) is 12.5 Å². The fraction of sp³-hybridized carbons (Fsp3) is 0.867. The Morgan fingerprint density at radius 2 is 2.05 bits per heavy atom. The Labute approximate surface area is 124 Å². The van der Waals surface area contributed by atoms with Gasteiger partial charge in [-0.2, -0.15) is 0 Å². The molecule has 2 fully saturated rings. The van der Waals surface area contributed by atoms with Gasteiger partial charge in [-0.1, -0.05) is 25.7 Å². The van der Waals surface area contributed by atoms with E-state index in [1.807, 2.05) is 6.92 Å². The van der Waals surface area contributed by atoms with Crippen LogP contribution in [0.5, 0.6) is 0 Å². The van der Waals surface area contributed by atoms with E-state index in [4.69, 9.17) is 5.11 Å². The van der Waals surface area contributed by atoms with Gasteiger partial charge in [0, 0.05) is 5.92 Å². The van der Waals surface area contributed by atoms with Crippen LogP contribution in [0.1, 0.15) is 76.1 Å². The molecule has 116 valence electrons. The predicted octanol–water partition coefficient (Wildman–Crippen LogP) is 2.78. The molecule has 0 saturated heterocycles. The van der Waals surface area contributed by atoms with Crippen LogP contribution in [0.3, 0.4) is 0 Å². The summed E-state index contributed by atoms with van der Waals surface area (Å²) in [5.74, 6) is 2.21. The molecule has 1 N–H and O–H groups in total. The summed E-state index contributed by atoms with van der Waals surface area (Å²) >= 11 is 0. The van der Waals surface area contributed by atoms with Gasteiger partial charge in [-0.05, 0) is 48.4 Å². The summed E-state index contributed by atoms with van der Waals surface area (Å²) in [4.78, 5) is 10.9. The summed E-state index contributed by atoms with van der Waals surface area (Å²) in [6, 6.07) is -0.184. The monoisotopic (exact) mass is 292 g/mol. The first-order chi connectivity index (χ1) is 10.1. The van der Waals surface area contributed by atoms with E-state index in [9.17, 15) is 4.79 Å². The second kappa shape index (κ2) is 6.12. The van der Waals surface area contributed by atoms with Crippen LogP contribution < -0.4 is 0 Å². The SMILES string of the molecule is CC(CC(=O)O)n1nnnc1C1CCC2CCCCC2C1. The maximum atomic E-state index is 10.9. The molecule has 1 aromatic rings. The number of nitrogens with zero attached hydrogens (tertiary/aromatic N) is 4. The topological polar surface area (TPSA) is 80.9 Å². The smallest absolute Gasteiger partial charge is 0.305 e. The van der Waals surface area contributed by atoms with E-state index in [0.717, 1.165) is 24.1 Å². The van der Waals surface area contributed by atoms with E-state index in [0.29, 0.717) is 5.92 Å². The highest BCUT2D eigenvalue weighted by Gasteiger charge is 2.35. The van der Waals surface area contributed by atoms with Gasteiger partial charge in [0.15, 0.2) is 5.82 Å². The maximum Gasteiger partial charge on any atom is 0.305 e. The molecule has 0 aliphatic heterocycles. The molecule has 0 bridgehead atoms. The molecule has 1 heterocycles. The van der Waals surface area contributed by atoms with Crippen molar-refractivity contribution in [2.24, 2.45) is 11.8 Å². The molecule has 2 saturated carbocycles. The molecule has 4 unspecified atom stereocenters. The van der Waals surface area contributed by atoms with Crippen LogP contribution >= 0.6 is 0 Å². The van der Waals surface area contributed by atoms with E-state index in [1.165, 1.54) is 38.5 Å². The number of carboxylic acids is 1. The number of fused-ring (bicyclic) bond motifs is 1. The summed E-state index contributed by atoms with van der Waals surface area (Å²) in [7, 11) is 0. The average Bonchev–Trinajstić information content (AvgIpc) is 2.95. The lowest BCUT2D eigenvalue weighted by Crippen LogP contribution is -2.28. The zero-order valence-electron chi connectivity index (χ0n) is 12.6. The highest BCUT2D eigenvalue weighted by Crippen LogP contribution is 2.45. The van der Waals surface area contributed by atoms with Gasteiger partial charge in [-0.15, -0.1) is 5.10 Å². The minimum Gasteiger partial charge on any atom is -0.481 e. The van der Waals surface area contributed by atoms with Crippen LogP contribution in [0.15, 0.2) is 0 Å². The Bertz CT molecular complexity index is 502. The minimum atomic E-state index is -0.806. The molecule has 1 aromatic heterocycles. The number of aliphatic carboxylic acids is 1. The van der Waals surface area contributed by atoms with Crippen LogP contribution in [0.25, 0.3) is 0 Å². The molecular weight excluding hydrogens is 268 g/mol. The lowest BCUT2D eigenvalue weighted by atomic mass is 9.67. The van der Waals surface area contributed by atoms with Gasteiger partial charge in [0.2, 0.25) is 0 Å². The number of hydrogen-bond donors (Lipinski definition) is 1. The van der Waals surface area contributed by atoms with Crippen molar-refractivity contribution in [3.63, 3.8) is 0 Å². The third-order valence-corrected chi connectivity index (χ3v) is 5.31. The lowest BCUT2D eigenvalue weighted by molar-refractivity contribution is -0.137. The van der Waals surface area contributed by atoms with Gasteiger partial charge < -0.3 is 5.11 Å². The molecule has 0 amide bonds. The molecular formula is C15H24N4O2. The van der Waals surface area contributed by atoms with Crippen molar-refractivity contribution in [2.75, 3.05) is 0 Å². The van der Waals surface area contributed by atoms with Gasteiger partial charge in [-0.3, -0.25) is 4.79 Å². The van der Waals surface area contributed by atoms with Crippen molar-refractivity contribution in [3.8, 4) is 0 Å². The predicted molar refractivity (Wildman–Crippen MR) is 76.8 cm³/mol. The van der Waals surface area contributed by atoms with Crippen molar-refractivity contribution < 1.29 is 9.90 Å². The van der Waals surface area contributed by atoms with Crippen LogP contribution in [-0.2, 0) is 4.79 Å². The zero-order chi connectivity index (χ0) is 14.8. The highest BCUT2D eigenvalue weighted by atomic mass is 16.4. The number of tetrazole rings is 1. The second-order valence-corrected chi connectivity index (χ2v) is 6.74. The summed E-state index contributed by atoms with van der Waals surface area (Å²) in [5.41, 5.74) is 0. The Hall–Kier alpha value is -1.46. The first kappa shape index (κ1) is 14.5. The average molecular weight is 292 g/mol. The fourth-order valence-electron chi connectivity index (χ4n) is 4.23. The summed E-state index contributed by atoms with van der Waals surface area (Å²) in [6.45, 7) is 1.88. The largest absolute Gasteiger partial charge is 0.481 e. The Kier molecular flexibility index (Phi) is 4.22. The first-order valence-electron chi connectivity index (χ1n) is 8.14. The van der Waals surface area contributed by atoms with Crippen molar-refractivity contribution >= 4 is 5.97 Å². The number of carbonyl (C=O) groups is 1. The van der Waals surface area contributed by atoms with Crippen molar-refractivity contribution in [1.29, 1.82) is 0 Å². The Morgan fingerprint density at radius 1 is 1.29 bits per heavy atom. The van der Waals surface area contributed by atoms with E-state index in [1.54, 1.807) is 4.68 Å². The second-order valence-electron chi connectivity index (χ2n) is 6.74. The highest BCUT2D eigenvalue weighted by molar-refractivity contribution is 5.67. The molecule has 2 aliphatic carbocycles. The number of carboxylic acid groups (broad SMARTS) is 1. The fourth-order valence-corrected chi connectivity index (χ4v) is 4.23. The van der Waals surface area contributed by atoms with Gasteiger partial charge in [0.25, 0.3) is 0 Å². The maximum absolute atomic E-state index is 10.9. The van der Waals surface area contributed by atoms with E-state index >= 15 is 0 Å². The van der Waals surface area contributed by atoms with Crippen LogP contribution in [0.4, 0.5) is 0 Å². The molecule has 6 nitrogen and oxygen atoms in total. The molecule has 21 heavy (non-hydrogen) atoms. The quantitative estimate of drug-likeness (QED) is 0.922. The Morgan fingerprint density at radius 3 is 2.81 bits per heavy atom. The number of rotatable bonds is 4. The molecule has 0 spiro atoms. The normalized spacial score (nSPS) is 30.6. The third kappa shape index (κ3) is 3.09. The van der Waals surface area contributed by atoms with Crippen molar-refractivity contribution in [3.05, 3.63) is 5.82 Å². The van der Waals surface area contributed by atoms with E-state index < -0.39 is 5.97 Å². The van der Waals surface area contributed by atoms with Crippen LogP contribution in [0.2, 0.25) is 0 Å².